The van der Waals surface area contributed by atoms with Crippen LogP contribution >= 0.6 is 0 Å². The minimum atomic E-state index is -1.04. The average Bonchev–Trinajstić information content (AvgIpc) is 2.34. The monoisotopic (exact) mass is 237 g/mol. The molecular formula is C12H15NO4. The standard InChI is InChI=1S/C12H15NO4/c1-16-8-3-5-11(17-2)9(7-8)10(13)4-6-12(14)15/h3-7,10H,13H2,1-2H3,(H,14,15)/b6-4+. The first kappa shape index (κ1) is 13.1. The molecule has 5 nitrogen and oxygen atoms in total. The van der Waals surface area contributed by atoms with Crippen LogP contribution in [0, 0.1) is 0 Å². The maximum atomic E-state index is 10.4. The molecule has 0 spiro atoms. The van der Waals surface area contributed by atoms with Gasteiger partial charge < -0.3 is 20.3 Å². The van der Waals surface area contributed by atoms with Crippen LogP contribution in [0.2, 0.25) is 0 Å². The van der Waals surface area contributed by atoms with E-state index in [0.29, 0.717) is 17.1 Å². The van der Waals surface area contributed by atoms with Gasteiger partial charge in [0, 0.05) is 11.6 Å². The Morgan fingerprint density at radius 2 is 2.12 bits per heavy atom. The van der Waals surface area contributed by atoms with Gasteiger partial charge in [-0.05, 0) is 18.2 Å². The second-order valence-corrected chi connectivity index (χ2v) is 3.33. The van der Waals surface area contributed by atoms with E-state index in [-0.39, 0.29) is 0 Å². The lowest BCUT2D eigenvalue weighted by Gasteiger charge is -2.13. The highest BCUT2D eigenvalue weighted by atomic mass is 16.5. The smallest absolute Gasteiger partial charge is 0.328 e. The highest BCUT2D eigenvalue weighted by Crippen LogP contribution is 2.28. The number of benzene rings is 1. The van der Waals surface area contributed by atoms with Gasteiger partial charge in [0.15, 0.2) is 0 Å². The lowest BCUT2D eigenvalue weighted by molar-refractivity contribution is -0.131. The van der Waals surface area contributed by atoms with Crippen molar-refractivity contribution < 1.29 is 19.4 Å². The third-order valence-corrected chi connectivity index (χ3v) is 2.24. The lowest BCUT2D eigenvalue weighted by Crippen LogP contribution is -2.09. The van der Waals surface area contributed by atoms with Crippen molar-refractivity contribution in [2.24, 2.45) is 5.73 Å². The first-order valence-electron chi connectivity index (χ1n) is 4.97. The number of methoxy groups -OCH3 is 2. The van der Waals surface area contributed by atoms with Crippen molar-refractivity contribution >= 4 is 5.97 Å². The van der Waals surface area contributed by atoms with Gasteiger partial charge in [-0.15, -0.1) is 0 Å². The molecule has 3 N–H and O–H groups in total. The molecule has 1 atom stereocenters. The fourth-order valence-corrected chi connectivity index (χ4v) is 1.39. The largest absolute Gasteiger partial charge is 0.497 e. The Bertz CT molecular complexity index is 429. The second-order valence-electron chi connectivity index (χ2n) is 3.33. The summed E-state index contributed by atoms with van der Waals surface area (Å²) < 4.78 is 10.2. The van der Waals surface area contributed by atoms with E-state index in [1.54, 1.807) is 25.3 Å². The summed E-state index contributed by atoms with van der Waals surface area (Å²) in [6.07, 6.45) is 2.39. The number of rotatable bonds is 5. The predicted octanol–water partition coefficient (Wildman–Crippen LogP) is 1.34. The van der Waals surface area contributed by atoms with Gasteiger partial charge >= 0.3 is 5.97 Å². The molecule has 0 radical (unpaired) electrons. The Labute approximate surface area is 99.5 Å². The average molecular weight is 237 g/mol. The molecule has 0 amide bonds. The number of nitrogens with two attached hydrogens (primary N) is 1. The van der Waals surface area contributed by atoms with Gasteiger partial charge in [0.1, 0.15) is 11.5 Å². The summed E-state index contributed by atoms with van der Waals surface area (Å²) in [7, 11) is 3.07. The molecule has 0 aliphatic rings. The Morgan fingerprint density at radius 1 is 1.41 bits per heavy atom. The Morgan fingerprint density at radius 3 is 2.65 bits per heavy atom. The minimum Gasteiger partial charge on any atom is -0.497 e. The number of ether oxygens (including phenoxy) is 2. The van der Waals surface area contributed by atoms with E-state index in [1.165, 1.54) is 13.2 Å². The fraction of sp³-hybridized carbons (Fsp3) is 0.250. The van der Waals surface area contributed by atoms with Gasteiger partial charge in [-0.25, -0.2) is 4.79 Å². The third kappa shape index (κ3) is 3.49. The molecule has 0 bridgehead atoms. The topological polar surface area (TPSA) is 81.8 Å². The Kier molecular flexibility index (Phi) is 4.54. The number of carbonyl (C=O) groups is 1. The molecule has 0 fully saturated rings. The van der Waals surface area contributed by atoms with Crippen LogP contribution < -0.4 is 15.2 Å². The van der Waals surface area contributed by atoms with Crippen LogP contribution in [0.25, 0.3) is 0 Å². The van der Waals surface area contributed by atoms with Crippen LogP contribution in [-0.4, -0.2) is 25.3 Å². The molecule has 0 aromatic heterocycles. The van der Waals surface area contributed by atoms with E-state index < -0.39 is 12.0 Å². The lowest BCUT2D eigenvalue weighted by atomic mass is 10.1. The molecule has 0 aliphatic heterocycles. The molecule has 1 aromatic carbocycles. The normalized spacial score (nSPS) is 12.4. The third-order valence-electron chi connectivity index (χ3n) is 2.24. The van der Waals surface area contributed by atoms with Crippen molar-refractivity contribution in [3.05, 3.63) is 35.9 Å². The van der Waals surface area contributed by atoms with E-state index >= 15 is 0 Å². The summed E-state index contributed by atoms with van der Waals surface area (Å²) in [5, 5.41) is 8.54. The van der Waals surface area contributed by atoms with Crippen LogP contribution in [0.4, 0.5) is 0 Å². The van der Waals surface area contributed by atoms with Gasteiger partial charge in [-0.2, -0.15) is 0 Å². The van der Waals surface area contributed by atoms with E-state index in [1.807, 2.05) is 0 Å². The zero-order valence-corrected chi connectivity index (χ0v) is 9.71. The SMILES string of the molecule is COc1ccc(OC)c(C(N)/C=C/C(=O)O)c1. The highest BCUT2D eigenvalue weighted by molar-refractivity contribution is 5.79. The quantitative estimate of drug-likeness (QED) is 0.755. The van der Waals surface area contributed by atoms with Crippen LogP contribution in [0.15, 0.2) is 30.4 Å². The summed E-state index contributed by atoms with van der Waals surface area (Å²) in [6, 6.07) is 4.63. The molecule has 1 aromatic rings. The molecule has 0 saturated carbocycles. The number of hydrogen-bond acceptors (Lipinski definition) is 4. The highest BCUT2D eigenvalue weighted by Gasteiger charge is 2.11. The summed E-state index contributed by atoms with van der Waals surface area (Å²) in [6.45, 7) is 0. The van der Waals surface area contributed by atoms with Gasteiger partial charge in [0.2, 0.25) is 0 Å². The Balaban J connectivity index is 3.04. The number of aliphatic carboxylic acids is 1. The van der Waals surface area contributed by atoms with Gasteiger partial charge in [0.05, 0.1) is 20.3 Å². The van der Waals surface area contributed by atoms with E-state index in [4.69, 9.17) is 20.3 Å². The van der Waals surface area contributed by atoms with Crippen molar-refractivity contribution in [1.29, 1.82) is 0 Å². The van der Waals surface area contributed by atoms with Crippen molar-refractivity contribution in [3.8, 4) is 11.5 Å². The van der Waals surface area contributed by atoms with Crippen LogP contribution in [0.5, 0.6) is 11.5 Å². The van der Waals surface area contributed by atoms with Crippen LogP contribution in [0.3, 0.4) is 0 Å². The van der Waals surface area contributed by atoms with Gasteiger partial charge in [0.25, 0.3) is 0 Å². The van der Waals surface area contributed by atoms with E-state index in [9.17, 15) is 4.79 Å². The number of carboxylic acids is 1. The molecule has 5 heteroatoms. The molecular weight excluding hydrogens is 222 g/mol. The summed E-state index contributed by atoms with van der Waals surface area (Å²) in [5.74, 6) is 0.190. The van der Waals surface area contributed by atoms with Crippen molar-refractivity contribution in [1.82, 2.24) is 0 Å². The second kappa shape index (κ2) is 5.91. The first-order valence-corrected chi connectivity index (χ1v) is 4.97. The van der Waals surface area contributed by atoms with Crippen LogP contribution in [0.1, 0.15) is 11.6 Å². The fourth-order valence-electron chi connectivity index (χ4n) is 1.39. The molecule has 0 aliphatic carbocycles. The van der Waals surface area contributed by atoms with Crippen molar-refractivity contribution in [2.75, 3.05) is 14.2 Å². The molecule has 92 valence electrons. The zero-order chi connectivity index (χ0) is 12.8. The van der Waals surface area contributed by atoms with Gasteiger partial charge in [-0.3, -0.25) is 0 Å². The summed E-state index contributed by atoms with van der Waals surface area (Å²) >= 11 is 0. The number of carboxylic acid groups (broad SMARTS) is 1. The van der Waals surface area contributed by atoms with Crippen molar-refractivity contribution in [2.45, 2.75) is 6.04 Å². The van der Waals surface area contributed by atoms with Crippen LogP contribution in [-0.2, 0) is 4.79 Å². The molecule has 17 heavy (non-hydrogen) atoms. The molecule has 0 saturated heterocycles. The summed E-state index contributed by atoms with van der Waals surface area (Å²) in [4.78, 5) is 10.4. The molecule has 1 rings (SSSR count). The molecule has 0 heterocycles. The summed E-state index contributed by atoms with van der Waals surface area (Å²) in [5.41, 5.74) is 6.53. The molecule has 1 unspecified atom stereocenters. The van der Waals surface area contributed by atoms with Crippen molar-refractivity contribution in [3.63, 3.8) is 0 Å². The minimum absolute atomic E-state index is 0.559. The van der Waals surface area contributed by atoms with E-state index in [2.05, 4.69) is 0 Å². The maximum absolute atomic E-state index is 10.4. The number of hydrogen-bond donors (Lipinski definition) is 2. The van der Waals surface area contributed by atoms with Gasteiger partial charge in [-0.1, -0.05) is 6.08 Å². The zero-order valence-electron chi connectivity index (χ0n) is 9.71. The Hall–Kier alpha value is -2.01. The maximum Gasteiger partial charge on any atom is 0.328 e. The first-order chi connectivity index (χ1) is 8.08. The predicted molar refractivity (Wildman–Crippen MR) is 63.3 cm³/mol. The van der Waals surface area contributed by atoms with E-state index in [0.717, 1.165) is 6.08 Å².